The van der Waals surface area contributed by atoms with Crippen molar-refractivity contribution in [1.82, 2.24) is 15.3 Å². The fraction of sp³-hybridized carbons (Fsp3) is 0.500. The summed E-state index contributed by atoms with van der Waals surface area (Å²) in [5.41, 5.74) is 12.1. The Morgan fingerprint density at radius 2 is 1.84 bits per heavy atom. The van der Waals surface area contributed by atoms with Gasteiger partial charge in [-0.15, -0.1) is 0 Å². The number of anilines is 4. The number of carbonyl (C=O) groups is 4. The number of fused-ring (bicyclic) bond motifs is 1. The van der Waals surface area contributed by atoms with E-state index < -0.39 is 29.9 Å². The Labute approximate surface area is 254 Å². The number of carboxylic acids is 2. The number of nitrogens with two attached hydrogens (primary N) is 2. The van der Waals surface area contributed by atoms with Gasteiger partial charge in [0.15, 0.2) is 5.82 Å². The van der Waals surface area contributed by atoms with Crippen LogP contribution in [0.25, 0.3) is 0 Å². The number of aromatic amines is 1. The first kappa shape index (κ1) is 35.3. The SMILES string of the molecule is CCOC(=O)[C@@H](N)CC(C)C.CN1c2c(nc(N)[nH]c2=O)NC[C@@H]1CNc1ccc(C(=O)N[C@@H](CCC(=O)O)C(=O)O)cc1. The number of benzene rings is 1. The first-order chi connectivity index (χ1) is 20.7. The van der Waals surface area contributed by atoms with E-state index in [1.165, 1.54) is 12.1 Å². The molecule has 0 unspecified atom stereocenters. The Bertz CT molecular complexity index is 1350. The van der Waals surface area contributed by atoms with Crippen LogP contribution in [0.15, 0.2) is 29.1 Å². The highest BCUT2D eigenvalue weighted by Gasteiger charge is 2.27. The number of carbonyl (C=O) groups excluding carboxylic acids is 2. The lowest BCUT2D eigenvalue weighted by Crippen LogP contribution is -2.48. The van der Waals surface area contributed by atoms with E-state index in [9.17, 15) is 29.1 Å². The Morgan fingerprint density at radius 1 is 1.18 bits per heavy atom. The van der Waals surface area contributed by atoms with Crippen LogP contribution in [0.1, 0.15) is 50.4 Å². The van der Waals surface area contributed by atoms with Crippen molar-refractivity contribution in [3.05, 3.63) is 40.2 Å². The molecule has 1 aliphatic heterocycles. The van der Waals surface area contributed by atoms with E-state index in [-0.39, 0.29) is 41.9 Å². The van der Waals surface area contributed by atoms with Crippen LogP contribution in [0.2, 0.25) is 0 Å². The van der Waals surface area contributed by atoms with Crippen molar-refractivity contribution in [1.29, 1.82) is 0 Å². The number of hydrogen-bond donors (Lipinski definition) is 8. The van der Waals surface area contributed by atoms with Crippen molar-refractivity contribution in [3.63, 3.8) is 0 Å². The highest BCUT2D eigenvalue weighted by Crippen LogP contribution is 2.25. The zero-order valence-corrected chi connectivity index (χ0v) is 25.3. The highest BCUT2D eigenvalue weighted by atomic mass is 16.5. The average molecular weight is 619 g/mol. The Morgan fingerprint density at radius 3 is 2.41 bits per heavy atom. The molecule has 1 amide bonds. The van der Waals surface area contributed by atoms with Crippen LogP contribution >= 0.6 is 0 Å². The molecule has 10 N–H and O–H groups in total. The van der Waals surface area contributed by atoms with Crippen molar-refractivity contribution in [2.45, 2.75) is 58.2 Å². The minimum Gasteiger partial charge on any atom is -0.481 e. The second kappa shape index (κ2) is 16.7. The monoisotopic (exact) mass is 618 g/mol. The molecule has 3 rings (SSSR count). The largest absolute Gasteiger partial charge is 0.481 e. The van der Waals surface area contributed by atoms with Gasteiger partial charge in [0, 0.05) is 37.8 Å². The Kier molecular flexibility index (Phi) is 13.4. The predicted octanol–water partition coefficient (Wildman–Crippen LogP) is 0.665. The topological polar surface area (TPSA) is 255 Å². The smallest absolute Gasteiger partial charge is 0.326 e. The molecule has 2 aromatic rings. The number of H-pyrrole nitrogens is 1. The van der Waals surface area contributed by atoms with Gasteiger partial charge in [-0.25, -0.2) is 4.79 Å². The van der Waals surface area contributed by atoms with Crippen molar-refractivity contribution in [2.24, 2.45) is 11.7 Å². The van der Waals surface area contributed by atoms with Gasteiger partial charge in [-0.2, -0.15) is 4.98 Å². The van der Waals surface area contributed by atoms with Crippen LogP contribution in [-0.4, -0.2) is 88.9 Å². The molecule has 0 radical (unpaired) electrons. The molecule has 1 aromatic carbocycles. The second-order valence-electron chi connectivity index (χ2n) is 10.5. The molecule has 1 aliphatic rings. The van der Waals surface area contributed by atoms with Crippen LogP contribution in [0.5, 0.6) is 0 Å². The zero-order chi connectivity index (χ0) is 33.0. The zero-order valence-electron chi connectivity index (χ0n) is 25.3. The molecule has 16 nitrogen and oxygen atoms in total. The summed E-state index contributed by atoms with van der Waals surface area (Å²) >= 11 is 0. The fourth-order valence-electron chi connectivity index (χ4n) is 4.27. The third-order valence-corrected chi connectivity index (χ3v) is 6.57. The van der Waals surface area contributed by atoms with Gasteiger partial charge in [0.25, 0.3) is 11.5 Å². The van der Waals surface area contributed by atoms with Crippen molar-refractivity contribution < 1.29 is 34.1 Å². The minimum absolute atomic E-state index is 0.0388. The van der Waals surface area contributed by atoms with Crippen LogP contribution in [0.3, 0.4) is 0 Å². The molecular weight excluding hydrogens is 576 g/mol. The number of hydrogen-bond acceptors (Lipinski definition) is 12. The van der Waals surface area contributed by atoms with Crippen LogP contribution < -0.4 is 37.9 Å². The van der Waals surface area contributed by atoms with Crippen LogP contribution in [-0.2, 0) is 19.1 Å². The molecule has 0 saturated heterocycles. The number of rotatable bonds is 13. The van der Waals surface area contributed by atoms with Gasteiger partial charge >= 0.3 is 17.9 Å². The standard InChI is InChI=1S/C20H25N7O6.C8H17NO2/c1-27-12(9-23-16-15(27)18(31)26-20(21)25-16)8-22-11-4-2-10(3-5-11)17(30)24-13(19(32)33)6-7-14(28)29;1-4-11-8(10)7(9)5-6(2)3/h2-5,12-13,22H,6-9H2,1H3,(H,24,30)(H,28,29)(H,32,33)(H4,21,23,25,26,31);6-7H,4-5,9H2,1-3H3/t12-,13-;7-/m00/s1. The molecule has 44 heavy (non-hydrogen) atoms. The molecule has 0 saturated carbocycles. The maximum absolute atomic E-state index is 12.3. The Hall–Kier alpha value is -4.86. The average Bonchev–Trinajstić information content (AvgIpc) is 2.94. The number of carboxylic acid groups (broad SMARTS) is 2. The number of amides is 1. The first-order valence-electron chi connectivity index (χ1n) is 14.1. The third kappa shape index (κ3) is 10.8. The molecule has 242 valence electrons. The molecule has 0 bridgehead atoms. The normalized spacial score (nSPS) is 15.0. The van der Waals surface area contributed by atoms with E-state index in [0.717, 1.165) is 5.69 Å². The summed E-state index contributed by atoms with van der Waals surface area (Å²) in [6, 6.07) is 4.58. The van der Waals surface area contributed by atoms with Gasteiger partial charge in [0.2, 0.25) is 5.95 Å². The number of aromatic nitrogens is 2. The Balaban J connectivity index is 0.000000523. The molecule has 0 spiro atoms. The summed E-state index contributed by atoms with van der Waals surface area (Å²) < 4.78 is 4.74. The molecule has 16 heteroatoms. The maximum atomic E-state index is 12.3. The van der Waals surface area contributed by atoms with Crippen molar-refractivity contribution in [2.75, 3.05) is 48.0 Å². The van der Waals surface area contributed by atoms with Gasteiger partial charge in [-0.1, -0.05) is 13.8 Å². The summed E-state index contributed by atoms with van der Waals surface area (Å²) in [6.07, 6.45) is 0.107. The van der Waals surface area contributed by atoms with Gasteiger partial charge in [0.05, 0.1) is 12.6 Å². The van der Waals surface area contributed by atoms with E-state index in [2.05, 4.69) is 25.9 Å². The lowest BCUT2D eigenvalue weighted by Gasteiger charge is -2.35. The quantitative estimate of drug-likeness (QED) is 0.144. The first-order valence-corrected chi connectivity index (χ1v) is 14.1. The lowest BCUT2D eigenvalue weighted by atomic mass is 10.1. The summed E-state index contributed by atoms with van der Waals surface area (Å²) in [5, 5.41) is 26.6. The summed E-state index contributed by atoms with van der Waals surface area (Å²) in [7, 11) is 1.79. The molecule has 0 fully saturated rings. The van der Waals surface area contributed by atoms with Gasteiger partial charge in [-0.3, -0.25) is 24.2 Å². The van der Waals surface area contributed by atoms with E-state index in [4.69, 9.17) is 21.3 Å². The fourth-order valence-corrected chi connectivity index (χ4v) is 4.27. The highest BCUT2D eigenvalue weighted by molar-refractivity contribution is 5.97. The van der Waals surface area contributed by atoms with Crippen LogP contribution in [0, 0.1) is 5.92 Å². The van der Waals surface area contributed by atoms with E-state index in [1.54, 1.807) is 26.1 Å². The lowest BCUT2D eigenvalue weighted by molar-refractivity contribution is -0.145. The number of nitrogen functional groups attached to an aromatic ring is 1. The third-order valence-electron chi connectivity index (χ3n) is 6.57. The van der Waals surface area contributed by atoms with Crippen molar-refractivity contribution >= 4 is 47.0 Å². The summed E-state index contributed by atoms with van der Waals surface area (Å²) in [4.78, 5) is 65.8. The molecule has 1 aromatic heterocycles. The number of ether oxygens (including phenoxy) is 1. The molecule has 2 heterocycles. The van der Waals surface area contributed by atoms with E-state index >= 15 is 0 Å². The molecule has 0 aliphatic carbocycles. The summed E-state index contributed by atoms with van der Waals surface area (Å²) in [5.74, 6) is -2.44. The van der Waals surface area contributed by atoms with E-state index in [1.807, 2.05) is 18.7 Å². The number of aliphatic carboxylic acids is 2. The maximum Gasteiger partial charge on any atom is 0.326 e. The number of likely N-dealkylation sites (N-methyl/N-ethyl adjacent to an activating group) is 1. The van der Waals surface area contributed by atoms with Crippen LogP contribution in [0.4, 0.5) is 23.1 Å². The van der Waals surface area contributed by atoms with Crippen molar-refractivity contribution in [3.8, 4) is 0 Å². The summed E-state index contributed by atoms with van der Waals surface area (Å²) in [6.45, 7) is 7.25. The second-order valence-corrected chi connectivity index (χ2v) is 10.5. The minimum atomic E-state index is -1.30. The van der Waals surface area contributed by atoms with Gasteiger partial charge in [0.1, 0.15) is 17.8 Å². The number of esters is 1. The van der Waals surface area contributed by atoms with Gasteiger partial charge in [-0.05, 0) is 49.9 Å². The molecule has 3 atom stereocenters. The van der Waals surface area contributed by atoms with Gasteiger partial charge < -0.3 is 47.3 Å². The predicted molar refractivity (Wildman–Crippen MR) is 165 cm³/mol. The number of nitrogens with one attached hydrogen (secondary N) is 4. The van der Waals surface area contributed by atoms with E-state index in [0.29, 0.717) is 43.5 Å². The number of nitrogens with zero attached hydrogens (tertiary/aromatic N) is 2. The molecular formula is C28H42N8O8.